The number of esters is 1. The molecular weight excluding hydrogens is 406 g/mol. The quantitative estimate of drug-likeness (QED) is 0.634. The minimum Gasteiger partial charge on any atom is -0.469 e. The van der Waals surface area contributed by atoms with Gasteiger partial charge in [0.2, 0.25) is 0 Å². The van der Waals surface area contributed by atoms with Gasteiger partial charge < -0.3 is 14.4 Å². The number of benzene rings is 1. The van der Waals surface area contributed by atoms with E-state index in [-0.39, 0.29) is 18.3 Å². The highest BCUT2D eigenvalue weighted by molar-refractivity contribution is 9.11. The number of halogens is 2. The summed E-state index contributed by atoms with van der Waals surface area (Å²) in [7, 11) is 2.90. The third kappa shape index (κ3) is 6.15. The number of nitrogens with zero attached hydrogens (tertiary/aromatic N) is 1. The van der Waals surface area contributed by atoms with E-state index < -0.39 is 0 Å². The molecule has 0 spiro atoms. The van der Waals surface area contributed by atoms with Crippen LogP contribution in [0.5, 0.6) is 0 Å². The summed E-state index contributed by atoms with van der Waals surface area (Å²) < 4.78 is 11.2. The molecule has 7 heteroatoms. The second kappa shape index (κ2) is 9.17. The smallest absolute Gasteiger partial charge is 0.307 e. The van der Waals surface area contributed by atoms with E-state index in [0.717, 1.165) is 8.95 Å². The highest BCUT2D eigenvalue weighted by atomic mass is 79.9. The van der Waals surface area contributed by atoms with Crippen LogP contribution in [0.25, 0.3) is 0 Å². The molecule has 0 aromatic heterocycles. The Balaban J connectivity index is 2.84. The van der Waals surface area contributed by atoms with E-state index in [2.05, 4.69) is 36.6 Å². The van der Waals surface area contributed by atoms with Crippen LogP contribution in [0.3, 0.4) is 0 Å². The number of carbonyl (C=O) groups is 2. The van der Waals surface area contributed by atoms with Gasteiger partial charge in [0.15, 0.2) is 0 Å². The number of methoxy groups -OCH3 is 2. The maximum absolute atomic E-state index is 12.5. The zero-order valence-corrected chi connectivity index (χ0v) is 15.1. The van der Waals surface area contributed by atoms with E-state index in [1.54, 1.807) is 24.1 Å². The van der Waals surface area contributed by atoms with Crippen LogP contribution in [0.1, 0.15) is 16.8 Å². The molecule has 0 heterocycles. The summed E-state index contributed by atoms with van der Waals surface area (Å²) in [5.74, 6) is -0.501. The van der Waals surface area contributed by atoms with Gasteiger partial charge in [0, 0.05) is 34.7 Å². The van der Waals surface area contributed by atoms with E-state index in [1.165, 1.54) is 7.11 Å². The Hall–Kier alpha value is -0.920. The summed E-state index contributed by atoms with van der Waals surface area (Å²) in [6.45, 7) is 1.11. The Bertz CT molecular complexity index is 487. The van der Waals surface area contributed by atoms with Crippen LogP contribution in [-0.4, -0.2) is 50.7 Å². The molecule has 0 saturated heterocycles. The average Bonchev–Trinajstić information content (AvgIpc) is 2.45. The van der Waals surface area contributed by atoms with Crippen molar-refractivity contribution in [3.8, 4) is 0 Å². The Morgan fingerprint density at radius 1 is 1.10 bits per heavy atom. The van der Waals surface area contributed by atoms with Crippen molar-refractivity contribution >= 4 is 43.7 Å². The lowest BCUT2D eigenvalue weighted by molar-refractivity contribution is -0.140. The Kier molecular flexibility index (Phi) is 7.92. The summed E-state index contributed by atoms with van der Waals surface area (Å²) in [6.07, 6.45) is 0.154. The summed E-state index contributed by atoms with van der Waals surface area (Å²) in [5.41, 5.74) is 0.539. The molecule has 1 rings (SSSR count). The lowest BCUT2D eigenvalue weighted by atomic mass is 10.2. The molecule has 0 radical (unpaired) electrons. The SMILES string of the molecule is COCCN(CCC(=O)OC)C(=O)c1cc(Br)cc(Br)c1. The Morgan fingerprint density at radius 3 is 2.24 bits per heavy atom. The predicted molar refractivity (Wildman–Crippen MR) is 86.3 cm³/mol. The van der Waals surface area contributed by atoms with Gasteiger partial charge in [-0.05, 0) is 18.2 Å². The number of rotatable bonds is 7. The van der Waals surface area contributed by atoms with Gasteiger partial charge in [-0.25, -0.2) is 0 Å². The van der Waals surface area contributed by atoms with Crippen molar-refractivity contribution in [3.05, 3.63) is 32.7 Å². The largest absolute Gasteiger partial charge is 0.469 e. The fourth-order valence-electron chi connectivity index (χ4n) is 1.70. The minimum absolute atomic E-state index is 0.154. The van der Waals surface area contributed by atoms with Gasteiger partial charge in [0.25, 0.3) is 5.91 Å². The first kappa shape index (κ1) is 18.1. The van der Waals surface area contributed by atoms with Crippen molar-refractivity contribution in [1.82, 2.24) is 4.90 Å². The van der Waals surface area contributed by atoms with Gasteiger partial charge in [-0.2, -0.15) is 0 Å². The molecule has 0 aliphatic carbocycles. The van der Waals surface area contributed by atoms with Crippen LogP contribution in [0.4, 0.5) is 0 Å². The molecule has 1 aromatic carbocycles. The fraction of sp³-hybridized carbons (Fsp3) is 0.429. The summed E-state index contributed by atoms with van der Waals surface area (Å²) >= 11 is 6.71. The number of ether oxygens (including phenoxy) is 2. The Morgan fingerprint density at radius 2 is 1.71 bits per heavy atom. The van der Waals surface area contributed by atoms with Crippen LogP contribution >= 0.6 is 31.9 Å². The second-order valence-corrected chi connectivity index (χ2v) is 6.10. The number of amides is 1. The maximum Gasteiger partial charge on any atom is 0.307 e. The fourth-order valence-corrected chi connectivity index (χ4v) is 3.00. The molecule has 116 valence electrons. The number of hydrogen-bond donors (Lipinski definition) is 0. The molecule has 21 heavy (non-hydrogen) atoms. The number of hydrogen-bond acceptors (Lipinski definition) is 4. The van der Waals surface area contributed by atoms with Crippen LogP contribution in [0.2, 0.25) is 0 Å². The molecule has 0 atom stereocenters. The topological polar surface area (TPSA) is 55.8 Å². The molecular formula is C14H17Br2NO4. The van der Waals surface area contributed by atoms with Crippen LogP contribution in [0.15, 0.2) is 27.1 Å². The zero-order chi connectivity index (χ0) is 15.8. The first-order valence-electron chi connectivity index (χ1n) is 6.29. The normalized spacial score (nSPS) is 10.3. The third-order valence-electron chi connectivity index (χ3n) is 2.78. The molecule has 1 aromatic rings. The standard InChI is InChI=1S/C14H17Br2NO4/c1-20-6-5-17(4-3-13(18)21-2)14(19)10-7-11(15)9-12(16)8-10/h7-9H,3-6H2,1-2H3. The molecule has 0 saturated carbocycles. The van der Waals surface area contributed by atoms with Gasteiger partial charge in [0.1, 0.15) is 0 Å². The summed E-state index contributed by atoms with van der Waals surface area (Å²) in [4.78, 5) is 25.4. The van der Waals surface area contributed by atoms with Crippen molar-refractivity contribution in [2.45, 2.75) is 6.42 Å². The molecule has 0 unspecified atom stereocenters. The molecule has 5 nitrogen and oxygen atoms in total. The van der Waals surface area contributed by atoms with E-state index in [9.17, 15) is 9.59 Å². The third-order valence-corrected chi connectivity index (χ3v) is 3.69. The highest BCUT2D eigenvalue weighted by Gasteiger charge is 2.17. The molecule has 1 amide bonds. The van der Waals surface area contributed by atoms with Crippen molar-refractivity contribution < 1.29 is 19.1 Å². The molecule has 0 bridgehead atoms. The first-order chi connectivity index (χ1) is 9.97. The van der Waals surface area contributed by atoms with Crippen molar-refractivity contribution in [2.24, 2.45) is 0 Å². The van der Waals surface area contributed by atoms with E-state index >= 15 is 0 Å². The predicted octanol–water partition coefficient (Wildman–Crippen LogP) is 2.86. The van der Waals surface area contributed by atoms with Gasteiger partial charge >= 0.3 is 5.97 Å². The van der Waals surface area contributed by atoms with Crippen LogP contribution < -0.4 is 0 Å². The maximum atomic E-state index is 12.5. The molecule has 0 aliphatic rings. The number of carbonyl (C=O) groups excluding carboxylic acids is 2. The lowest BCUT2D eigenvalue weighted by Crippen LogP contribution is -2.35. The van der Waals surface area contributed by atoms with Crippen molar-refractivity contribution in [1.29, 1.82) is 0 Å². The van der Waals surface area contributed by atoms with E-state index in [0.29, 0.717) is 25.3 Å². The van der Waals surface area contributed by atoms with Gasteiger partial charge in [-0.1, -0.05) is 31.9 Å². The van der Waals surface area contributed by atoms with Gasteiger partial charge in [-0.3, -0.25) is 9.59 Å². The summed E-state index contributed by atoms with van der Waals surface area (Å²) in [5, 5.41) is 0. The molecule has 0 N–H and O–H groups in total. The van der Waals surface area contributed by atoms with E-state index in [4.69, 9.17) is 4.74 Å². The Labute approximate surface area is 140 Å². The second-order valence-electron chi connectivity index (χ2n) is 4.27. The van der Waals surface area contributed by atoms with Crippen molar-refractivity contribution in [2.75, 3.05) is 33.9 Å². The van der Waals surface area contributed by atoms with Gasteiger partial charge in [-0.15, -0.1) is 0 Å². The highest BCUT2D eigenvalue weighted by Crippen LogP contribution is 2.21. The van der Waals surface area contributed by atoms with Gasteiger partial charge in [0.05, 0.1) is 20.1 Å². The van der Waals surface area contributed by atoms with Crippen LogP contribution in [-0.2, 0) is 14.3 Å². The zero-order valence-electron chi connectivity index (χ0n) is 11.9. The molecule has 0 fully saturated rings. The van der Waals surface area contributed by atoms with Crippen molar-refractivity contribution in [3.63, 3.8) is 0 Å². The first-order valence-corrected chi connectivity index (χ1v) is 7.87. The average molecular weight is 423 g/mol. The van der Waals surface area contributed by atoms with E-state index in [1.807, 2.05) is 6.07 Å². The molecule has 0 aliphatic heterocycles. The lowest BCUT2D eigenvalue weighted by Gasteiger charge is -2.22. The van der Waals surface area contributed by atoms with Crippen LogP contribution in [0, 0.1) is 0 Å². The monoisotopic (exact) mass is 421 g/mol. The minimum atomic E-state index is -0.347. The summed E-state index contributed by atoms with van der Waals surface area (Å²) in [6, 6.07) is 5.33.